The number of amides is 1. The summed E-state index contributed by atoms with van der Waals surface area (Å²) in [7, 11) is 3.50. The van der Waals surface area contributed by atoms with Gasteiger partial charge in [-0.1, -0.05) is 18.7 Å². The third-order valence-corrected chi connectivity index (χ3v) is 6.64. The number of nitrogens with zero attached hydrogens (tertiary/aromatic N) is 6. The van der Waals surface area contributed by atoms with Crippen molar-refractivity contribution in [1.82, 2.24) is 29.3 Å². The number of methoxy groups -OCH3 is 1. The standard InChI is InChI=1S/C19H17N5O2.C8H14N2O/c1-23-11-14(10-20-23)19-18(13-4-3-12-7-8-26-15(12)9-13)21-16-5-6-17(25-2)22-24(16)19;1-2-8(11)10-5-3-7(9)4-6-10/h3-6,9-11H,7-8H2,1-2H3;2,7H,1,3-6,9H2. The van der Waals surface area contributed by atoms with Crippen LogP contribution in [-0.2, 0) is 18.3 Å². The van der Waals surface area contributed by atoms with Crippen LogP contribution in [0.15, 0.2) is 55.4 Å². The Morgan fingerprint density at radius 1 is 1.22 bits per heavy atom. The number of hydrogen-bond acceptors (Lipinski definition) is 7. The Balaban J connectivity index is 0.000000215. The van der Waals surface area contributed by atoms with E-state index >= 15 is 0 Å². The Hall–Kier alpha value is -4.18. The van der Waals surface area contributed by atoms with Gasteiger partial charge in [0.15, 0.2) is 5.65 Å². The number of imidazole rings is 1. The second-order valence-electron chi connectivity index (χ2n) is 9.15. The van der Waals surface area contributed by atoms with Gasteiger partial charge >= 0.3 is 0 Å². The van der Waals surface area contributed by atoms with E-state index in [0.29, 0.717) is 5.88 Å². The van der Waals surface area contributed by atoms with Crippen molar-refractivity contribution in [1.29, 1.82) is 0 Å². The number of aryl methyl sites for hydroxylation is 1. The molecule has 1 saturated heterocycles. The third kappa shape index (κ3) is 5.05. The molecule has 2 aliphatic rings. The lowest BCUT2D eigenvalue weighted by Crippen LogP contribution is -2.42. The molecule has 2 aliphatic heterocycles. The van der Waals surface area contributed by atoms with Crippen molar-refractivity contribution in [3.63, 3.8) is 0 Å². The molecule has 37 heavy (non-hydrogen) atoms. The van der Waals surface area contributed by atoms with Gasteiger partial charge in [-0.05, 0) is 36.6 Å². The molecule has 1 fully saturated rings. The molecule has 1 aromatic carbocycles. The van der Waals surface area contributed by atoms with E-state index in [1.807, 2.05) is 31.6 Å². The molecule has 6 rings (SSSR count). The van der Waals surface area contributed by atoms with Crippen LogP contribution >= 0.6 is 0 Å². The predicted molar refractivity (Wildman–Crippen MR) is 140 cm³/mol. The molecule has 0 atom stereocenters. The van der Waals surface area contributed by atoms with E-state index in [9.17, 15) is 4.79 Å². The van der Waals surface area contributed by atoms with Crippen molar-refractivity contribution in [2.45, 2.75) is 25.3 Å². The minimum absolute atomic E-state index is 0.0249. The molecule has 0 aliphatic carbocycles. The molecule has 3 aromatic heterocycles. The summed E-state index contributed by atoms with van der Waals surface area (Å²) in [6.45, 7) is 5.73. The van der Waals surface area contributed by atoms with Crippen LogP contribution in [-0.4, -0.2) is 68.0 Å². The Kier molecular flexibility index (Phi) is 6.91. The smallest absolute Gasteiger partial charge is 0.245 e. The fourth-order valence-corrected chi connectivity index (χ4v) is 4.59. The Bertz CT molecular complexity index is 1430. The number of ether oxygens (including phenoxy) is 2. The van der Waals surface area contributed by atoms with Crippen LogP contribution in [0.5, 0.6) is 11.6 Å². The van der Waals surface area contributed by atoms with Crippen molar-refractivity contribution in [2.75, 3.05) is 26.8 Å². The van der Waals surface area contributed by atoms with Gasteiger partial charge in [-0.15, -0.1) is 5.10 Å². The lowest BCUT2D eigenvalue weighted by Gasteiger charge is -2.29. The monoisotopic (exact) mass is 501 g/mol. The Morgan fingerprint density at radius 3 is 2.73 bits per heavy atom. The van der Waals surface area contributed by atoms with Gasteiger partial charge in [-0.25, -0.2) is 9.50 Å². The summed E-state index contributed by atoms with van der Waals surface area (Å²) < 4.78 is 14.6. The number of aromatic nitrogens is 5. The molecule has 4 aromatic rings. The number of hydrogen-bond donors (Lipinski definition) is 1. The Morgan fingerprint density at radius 2 is 2.03 bits per heavy atom. The molecule has 5 heterocycles. The number of carbonyl (C=O) groups excluding carboxylic acids is 1. The molecule has 10 heteroatoms. The van der Waals surface area contributed by atoms with Crippen LogP contribution in [0.1, 0.15) is 18.4 Å². The van der Waals surface area contributed by atoms with Gasteiger partial charge in [0.25, 0.3) is 0 Å². The average Bonchev–Trinajstić information content (AvgIpc) is 3.66. The SMILES string of the molecule is C=CC(=O)N1CCC(N)CC1.COc1ccc2nc(-c3ccc4c(c3)OCC4)c(-c3cnn(C)c3)n2n1. The number of carbonyl (C=O) groups is 1. The zero-order valence-electron chi connectivity index (χ0n) is 21.1. The fraction of sp³-hybridized carbons (Fsp3) is 0.333. The second-order valence-corrected chi connectivity index (χ2v) is 9.15. The van der Waals surface area contributed by atoms with E-state index in [4.69, 9.17) is 20.2 Å². The van der Waals surface area contributed by atoms with Gasteiger partial charge in [-0.2, -0.15) is 5.10 Å². The minimum atomic E-state index is 0.0249. The summed E-state index contributed by atoms with van der Waals surface area (Å²) in [6.07, 6.45) is 7.92. The zero-order chi connectivity index (χ0) is 25.9. The van der Waals surface area contributed by atoms with Crippen molar-refractivity contribution in [3.05, 3.63) is 60.9 Å². The number of likely N-dealkylation sites (tertiary alicyclic amines) is 1. The van der Waals surface area contributed by atoms with Gasteiger partial charge < -0.3 is 20.1 Å². The maximum atomic E-state index is 11.0. The van der Waals surface area contributed by atoms with Gasteiger partial charge in [0.2, 0.25) is 11.8 Å². The number of fused-ring (bicyclic) bond motifs is 2. The quantitative estimate of drug-likeness (QED) is 0.428. The molecule has 2 N–H and O–H groups in total. The van der Waals surface area contributed by atoms with Crippen molar-refractivity contribution >= 4 is 11.6 Å². The molecular weight excluding hydrogens is 470 g/mol. The van der Waals surface area contributed by atoms with Crippen LogP contribution in [0.2, 0.25) is 0 Å². The predicted octanol–water partition coefficient (Wildman–Crippen LogP) is 2.86. The van der Waals surface area contributed by atoms with Gasteiger partial charge in [0, 0.05) is 56.0 Å². The maximum absolute atomic E-state index is 11.0. The van der Waals surface area contributed by atoms with Crippen LogP contribution in [0.25, 0.3) is 28.2 Å². The summed E-state index contributed by atoms with van der Waals surface area (Å²) in [4.78, 5) is 17.7. The third-order valence-electron chi connectivity index (χ3n) is 6.64. The molecule has 0 unspecified atom stereocenters. The van der Waals surface area contributed by atoms with E-state index in [2.05, 4.69) is 35.0 Å². The van der Waals surface area contributed by atoms with Crippen molar-refractivity contribution < 1.29 is 14.3 Å². The van der Waals surface area contributed by atoms with Crippen molar-refractivity contribution in [2.24, 2.45) is 12.8 Å². The molecule has 10 nitrogen and oxygen atoms in total. The normalized spacial score (nSPS) is 15.1. The fourth-order valence-electron chi connectivity index (χ4n) is 4.59. The average molecular weight is 502 g/mol. The first-order chi connectivity index (χ1) is 18.0. The second kappa shape index (κ2) is 10.4. The highest BCUT2D eigenvalue weighted by Crippen LogP contribution is 2.36. The maximum Gasteiger partial charge on any atom is 0.245 e. The highest BCUT2D eigenvalue weighted by molar-refractivity contribution is 5.87. The Labute approximate surface area is 215 Å². The minimum Gasteiger partial charge on any atom is -0.493 e. The molecule has 1 amide bonds. The number of nitrogens with two attached hydrogens (primary N) is 1. The molecule has 0 spiro atoms. The summed E-state index contributed by atoms with van der Waals surface area (Å²) in [5.41, 5.74) is 11.3. The van der Waals surface area contributed by atoms with E-state index < -0.39 is 0 Å². The van der Waals surface area contributed by atoms with Crippen LogP contribution < -0.4 is 15.2 Å². The van der Waals surface area contributed by atoms with E-state index in [1.54, 1.807) is 21.2 Å². The highest BCUT2D eigenvalue weighted by atomic mass is 16.5. The summed E-state index contributed by atoms with van der Waals surface area (Å²) in [5.74, 6) is 1.49. The first-order valence-corrected chi connectivity index (χ1v) is 12.3. The highest BCUT2D eigenvalue weighted by Gasteiger charge is 2.21. The van der Waals surface area contributed by atoms with Gasteiger partial charge in [-0.3, -0.25) is 9.48 Å². The lowest BCUT2D eigenvalue weighted by atomic mass is 10.0. The summed E-state index contributed by atoms with van der Waals surface area (Å²) >= 11 is 0. The number of piperidine rings is 1. The molecule has 0 saturated carbocycles. The van der Waals surface area contributed by atoms with E-state index in [0.717, 1.165) is 72.9 Å². The zero-order valence-corrected chi connectivity index (χ0v) is 21.1. The van der Waals surface area contributed by atoms with Gasteiger partial charge in [0.1, 0.15) is 11.4 Å². The van der Waals surface area contributed by atoms with Gasteiger partial charge in [0.05, 0.1) is 25.6 Å². The number of rotatable bonds is 4. The largest absolute Gasteiger partial charge is 0.493 e. The lowest BCUT2D eigenvalue weighted by molar-refractivity contribution is -0.126. The van der Waals surface area contributed by atoms with E-state index in [-0.39, 0.29) is 11.9 Å². The molecule has 0 radical (unpaired) electrons. The number of benzene rings is 1. The van der Waals surface area contributed by atoms with Crippen molar-refractivity contribution in [3.8, 4) is 34.1 Å². The van der Waals surface area contributed by atoms with Crippen LogP contribution in [0.3, 0.4) is 0 Å². The molecule has 192 valence electrons. The first-order valence-electron chi connectivity index (χ1n) is 12.3. The van der Waals surface area contributed by atoms with Crippen LogP contribution in [0, 0.1) is 0 Å². The molecular formula is C27H31N7O3. The first kappa shape index (κ1) is 24.5. The summed E-state index contributed by atoms with van der Waals surface area (Å²) in [6, 6.07) is 10.3. The summed E-state index contributed by atoms with van der Waals surface area (Å²) in [5, 5.41) is 8.87. The molecule has 0 bridgehead atoms. The van der Waals surface area contributed by atoms with Crippen LogP contribution in [0.4, 0.5) is 0 Å². The topological polar surface area (TPSA) is 113 Å². The van der Waals surface area contributed by atoms with E-state index in [1.165, 1.54) is 11.6 Å².